The molecule has 4 aliphatic rings. The van der Waals surface area contributed by atoms with Gasteiger partial charge in [0, 0.05) is 44.2 Å². The second-order valence-corrected chi connectivity index (χ2v) is 11.8. The van der Waals surface area contributed by atoms with Crippen LogP contribution in [0.3, 0.4) is 0 Å². The zero-order valence-electron chi connectivity index (χ0n) is 20.9. The molecule has 3 aromatic rings. The average molecular weight is 483 g/mol. The summed E-state index contributed by atoms with van der Waals surface area (Å²) in [6.45, 7) is 5.42. The second kappa shape index (κ2) is 8.52. The summed E-state index contributed by atoms with van der Waals surface area (Å²) >= 11 is 0. The van der Waals surface area contributed by atoms with Crippen molar-refractivity contribution in [2.45, 2.75) is 63.2 Å². The average Bonchev–Trinajstić information content (AvgIpc) is 3.59. The number of anilines is 1. The summed E-state index contributed by atoms with van der Waals surface area (Å²) in [7, 11) is 0. The Morgan fingerprint density at radius 3 is 2.56 bits per heavy atom. The van der Waals surface area contributed by atoms with Crippen LogP contribution in [0.5, 0.6) is 0 Å². The lowest BCUT2D eigenvalue weighted by Crippen LogP contribution is -2.48. The molecule has 1 spiro atoms. The summed E-state index contributed by atoms with van der Waals surface area (Å²) in [5, 5.41) is 18.7. The summed E-state index contributed by atoms with van der Waals surface area (Å²) in [6, 6.07) is 6.73. The van der Waals surface area contributed by atoms with E-state index < -0.39 is 5.41 Å². The van der Waals surface area contributed by atoms with Gasteiger partial charge in [0.25, 0.3) is 0 Å². The number of aromatic nitrogens is 5. The monoisotopic (exact) mass is 482 g/mol. The van der Waals surface area contributed by atoms with Crippen LogP contribution in [0, 0.1) is 22.7 Å². The van der Waals surface area contributed by atoms with Gasteiger partial charge in [-0.15, -0.1) is 0 Å². The van der Waals surface area contributed by atoms with Gasteiger partial charge in [-0.2, -0.15) is 10.4 Å². The molecule has 4 fully saturated rings. The lowest BCUT2D eigenvalue weighted by atomic mass is 9.58. The number of nitrogens with zero attached hydrogens (tertiary/aromatic N) is 7. The van der Waals surface area contributed by atoms with Crippen LogP contribution in [0.25, 0.3) is 22.3 Å². The molecular formula is C28H34N8. The number of pyridine rings is 1. The minimum absolute atomic E-state index is 0.424. The largest absolute Gasteiger partial charge is 0.354 e. The molecule has 8 heteroatoms. The third kappa shape index (κ3) is 3.85. The van der Waals surface area contributed by atoms with E-state index in [1.165, 1.54) is 51.5 Å². The fourth-order valence-corrected chi connectivity index (χ4v) is 6.99. The summed E-state index contributed by atoms with van der Waals surface area (Å²) < 4.78 is 0. The number of rotatable bonds is 5. The minimum Gasteiger partial charge on any atom is -0.354 e. The van der Waals surface area contributed by atoms with Crippen molar-refractivity contribution < 1.29 is 0 Å². The maximum Gasteiger partial charge on any atom is 0.132 e. The van der Waals surface area contributed by atoms with Crippen molar-refractivity contribution >= 4 is 16.7 Å². The predicted molar refractivity (Wildman–Crippen MR) is 138 cm³/mol. The molecule has 1 N–H and O–H groups in total. The van der Waals surface area contributed by atoms with Gasteiger partial charge >= 0.3 is 0 Å². The van der Waals surface area contributed by atoms with E-state index in [-0.39, 0.29) is 0 Å². The van der Waals surface area contributed by atoms with Crippen molar-refractivity contribution in [1.82, 2.24) is 30.0 Å². The predicted octanol–water partition coefficient (Wildman–Crippen LogP) is 4.45. The van der Waals surface area contributed by atoms with Crippen LogP contribution in [0.1, 0.15) is 63.5 Å². The molecule has 36 heavy (non-hydrogen) atoms. The normalized spacial score (nSPS) is 23.5. The van der Waals surface area contributed by atoms with Crippen molar-refractivity contribution in [3.05, 3.63) is 30.4 Å². The van der Waals surface area contributed by atoms with Crippen LogP contribution in [-0.2, 0) is 5.41 Å². The van der Waals surface area contributed by atoms with E-state index in [0.717, 1.165) is 78.7 Å². The Morgan fingerprint density at radius 2 is 1.81 bits per heavy atom. The summed E-state index contributed by atoms with van der Waals surface area (Å²) in [4.78, 5) is 18.9. The highest BCUT2D eigenvalue weighted by Gasteiger charge is 2.62. The Bertz CT molecular complexity index is 1300. The van der Waals surface area contributed by atoms with E-state index in [1.54, 1.807) is 6.33 Å². The highest BCUT2D eigenvalue weighted by Crippen LogP contribution is 2.68. The third-order valence-corrected chi connectivity index (χ3v) is 9.29. The molecule has 4 heterocycles. The fourth-order valence-electron chi connectivity index (χ4n) is 6.99. The third-order valence-electron chi connectivity index (χ3n) is 9.29. The van der Waals surface area contributed by atoms with E-state index in [4.69, 9.17) is 0 Å². The van der Waals surface area contributed by atoms with Crippen molar-refractivity contribution in [2.24, 2.45) is 11.3 Å². The number of hydrogen-bond acceptors (Lipinski definition) is 7. The number of nitriles is 1. The van der Waals surface area contributed by atoms with Gasteiger partial charge in [0.1, 0.15) is 23.3 Å². The molecule has 0 atom stereocenters. The van der Waals surface area contributed by atoms with Crippen LogP contribution in [0.15, 0.2) is 24.7 Å². The molecule has 7 rings (SSSR count). The standard InChI is InChI=1S/C28H34N8/c29-18-28(16-27(17-28)6-7-27)24-12-21-23(14-30-24)33-34-26(21)22-13-25(32-19-31-22)36-10-8-35(9-11-36)15-20-4-2-1-3-5-20/h12-14,19-20H,1-11,15-17H2,(H,33,34). The van der Waals surface area contributed by atoms with E-state index >= 15 is 0 Å². The number of aromatic amines is 1. The van der Waals surface area contributed by atoms with Crippen molar-refractivity contribution in [1.29, 1.82) is 5.26 Å². The Labute approximate surface area is 212 Å². The minimum atomic E-state index is -0.451. The van der Waals surface area contributed by atoms with Crippen LogP contribution in [0.4, 0.5) is 5.82 Å². The lowest BCUT2D eigenvalue weighted by Gasteiger charge is -2.43. The summed E-state index contributed by atoms with van der Waals surface area (Å²) in [6.07, 6.45) is 14.9. The Balaban J connectivity index is 1.09. The molecule has 0 amide bonds. The molecule has 0 bridgehead atoms. The molecule has 0 aromatic carbocycles. The first-order valence-corrected chi connectivity index (χ1v) is 13.7. The molecular weight excluding hydrogens is 448 g/mol. The maximum absolute atomic E-state index is 10.0. The number of hydrogen-bond donors (Lipinski definition) is 1. The molecule has 186 valence electrons. The molecule has 8 nitrogen and oxygen atoms in total. The topological polar surface area (TPSA) is 97.6 Å². The van der Waals surface area contributed by atoms with Gasteiger partial charge in [-0.05, 0) is 55.9 Å². The Morgan fingerprint density at radius 1 is 1.00 bits per heavy atom. The Kier molecular flexibility index (Phi) is 5.24. The van der Waals surface area contributed by atoms with E-state index in [1.807, 2.05) is 6.20 Å². The fraction of sp³-hybridized carbons (Fsp3) is 0.607. The molecule has 3 aliphatic carbocycles. The first-order valence-electron chi connectivity index (χ1n) is 13.7. The van der Waals surface area contributed by atoms with Crippen LogP contribution in [0.2, 0.25) is 0 Å². The molecule has 0 radical (unpaired) electrons. The lowest BCUT2D eigenvalue weighted by molar-refractivity contribution is 0.168. The highest BCUT2D eigenvalue weighted by atomic mass is 15.3. The number of piperazine rings is 1. The van der Waals surface area contributed by atoms with E-state index in [2.05, 4.69) is 53.2 Å². The van der Waals surface area contributed by atoms with Gasteiger partial charge in [0.05, 0.1) is 29.2 Å². The van der Waals surface area contributed by atoms with Gasteiger partial charge in [-0.3, -0.25) is 15.0 Å². The van der Waals surface area contributed by atoms with E-state index in [0.29, 0.717) is 5.41 Å². The first kappa shape index (κ1) is 22.2. The van der Waals surface area contributed by atoms with E-state index in [9.17, 15) is 5.26 Å². The zero-order chi connectivity index (χ0) is 24.2. The van der Waals surface area contributed by atoms with Crippen LogP contribution >= 0.6 is 0 Å². The quantitative estimate of drug-likeness (QED) is 0.574. The van der Waals surface area contributed by atoms with Gasteiger partial charge in [-0.25, -0.2) is 9.97 Å². The van der Waals surface area contributed by atoms with Crippen LogP contribution in [-0.4, -0.2) is 62.8 Å². The molecule has 1 aliphatic heterocycles. The number of fused-ring (bicyclic) bond motifs is 1. The molecule has 1 saturated heterocycles. The number of H-pyrrole nitrogens is 1. The van der Waals surface area contributed by atoms with Gasteiger partial charge < -0.3 is 4.90 Å². The summed E-state index contributed by atoms with van der Waals surface area (Å²) in [5.74, 6) is 1.85. The van der Waals surface area contributed by atoms with Gasteiger partial charge in [0.15, 0.2) is 0 Å². The maximum atomic E-state index is 10.0. The SMILES string of the molecule is N#CC1(c2cc3c(-c4cc(N5CCN(CC6CCCCC6)CC5)ncn4)n[nH]c3cn2)CC2(CC2)C1. The second-order valence-electron chi connectivity index (χ2n) is 11.8. The smallest absolute Gasteiger partial charge is 0.132 e. The Hall–Kier alpha value is -3.05. The molecule has 3 aromatic heterocycles. The number of nitrogens with one attached hydrogen (secondary N) is 1. The van der Waals surface area contributed by atoms with Crippen molar-refractivity contribution in [2.75, 3.05) is 37.6 Å². The van der Waals surface area contributed by atoms with Crippen molar-refractivity contribution in [3.63, 3.8) is 0 Å². The molecule has 0 unspecified atom stereocenters. The zero-order valence-corrected chi connectivity index (χ0v) is 20.9. The first-order chi connectivity index (χ1) is 17.7. The van der Waals surface area contributed by atoms with Crippen molar-refractivity contribution in [3.8, 4) is 17.5 Å². The summed E-state index contributed by atoms with van der Waals surface area (Å²) in [5.41, 5.74) is 3.34. The van der Waals surface area contributed by atoms with Gasteiger partial charge in [-0.1, -0.05) is 19.3 Å². The van der Waals surface area contributed by atoms with Gasteiger partial charge in [0.2, 0.25) is 0 Å². The highest BCUT2D eigenvalue weighted by molar-refractivity contribution is 5.92. The van der Waals surface area contributed by atoms with Crippen LogP contribution < -0.4 is 4.90 Å². The molecule has 3 saturated carbocycles.